The van der Waals surface area contributed by atoms with Crippen LogP contribution in [0.15, 0.2) is 48.5 Å². The highest BCUT2D eigenvalue weighted by atomic mass is 35.5. The van der Waals surface area contributed by atoms with Gasteiger partial charge in [-0.3, -0.25) is 4.79 Å². The molecule has 0 saturated heterocycles. The van der Waals surface area contributed by atoms with E-state index in [0.29, 0.717) is 12.2 Å². The van der Waals surface area contributed by atoms with Gasteiger partial charge in [0.2, 0.25) is 0 Å². The van der Waals surface area contributed by atoms with Crippen LogP contribution in [0, 0.1) is 0 Å². The van der Waals surface area contributed by atoms with Crippen molar-refractivity contribution in [2.24, 2.45) is 0 Å². The summed E-state index contributed by atoms with van der Waals surface area (Å²) < 4.78 is 0. The highest BCUT2D eigenvalue weighted by Crippen LogP contribution is 2.26. The Morgan fingerprint density at radius 3 is 2.16 bits per heavy atom. The summed E-state index contributed by atoms with van der Waals surface area (Å²) in [6.45, 7) is 1.41. The predicted octanol–water partition coefficient (Wildman–Crippen LogP) is 2.70. The van der Waals surface area contributed by atoms with Crippen LogP contribution < -0.4 is 5.32 Å². The quantitative estimate of drug-likeness (QED) is 0.703. The van der Waals surface area contributed by atoms with Crippen LogP contribution in [0.4, 0.5) is 0 Å². The maximum atomic E-state index is 12.5. The molecule has 0 spiro atoms. The first-order valence-electron chi connectivity index (χ1n) is 7.37. The molecule has 3 aromatic rings. The molecule has 0 aliphatic carbocycles. The average molecular weight is 384 g/mol. The number of amides is 1. The van der Waals surface area contributed by atoms with E-state index in [1.54, 1.807) is 0 Å². The van der Waals surface area contributed by atoms with Gasteiger partial charge in [-0.05, 0) is 25.5 Å². The molecule has 0 fully saturated rings. The van der Waals surface area contributed by atoms with Crippen molar-refractivity contribution in [2.45, 2.75) is 0 Å². The molecule has 1 heterocycles. The maximum absolute atomic E-state index is 12.5. The van der Waals surface area contributed by atoms with Crippen LogP contribution in [0.2, 0.25) is 0 Å². The number of carbonyl (C=O) groups excluding carboxylic acids is 1. The van der Waals surface area contributed by atoms with Crippen LogP contribution in [0.5, 0.6) is 0 Å². The highest BCUT2D eigenvalue weighted by molar-refractivity contribution is 6.14. The molecular weight excluding hydrogens is 361 g/mol. The number of hydrogen-bond donors (Lipinski definition) is 1. The number of halogens is 2. The zero-order valence-corrected chi connectivity index (χ0v) is 15.8. The summed E-state index contributed by atoms with van der Waals surface area (Å²) in [5.41, 5.74) is 1.34. The Kier molecular flexibility index (Phi) is 9.38. The number of rotatable bonds is 4. The van der Waals surface area contributed by atoms with Gasteiger partial charge >= 0.3 is 0 Å². The van der Waals surface area contributed by atoms with Gasteiger partial charge in [-0.2, -0.15) is 0 Å². The van der Waals surface area contributed by atoms with Gasteiger partial charge in [0.25, 0.3) is 5.91 Å². The first kappa shape index (κ1) is 23.1. The Labute approximate surface area is 159 Å². The van der Waals surface area contributed by atoms with Gasteiger partial charge in [0.15, 0.2) is 0 Å². The topological polar surface area (TPSA) is 76.7 Å². The molecule has 3 N–H and O–H groups in total. The minimum atomic E-state index is -0.121. The summed E-state index contributed by atoms with van der Waals surface area (Å²) in [7, 11) is 3.96. The van der Waals surface area contributed by atoms with E-state index >= 15 is 0 Å². The Morgan fingerprint density at radius 2 is 1.52 bits per heavy atom. The minimum Gasteiger partial charge on any atom is -0.412 e. The average Bonchev–Trinajstić information content (AvgIpc) is 2.53. The van der Waals surface area contributed by atoms with Crippen molar-refractivity contribution >= 4 is 52.4 Å². The fraction of sp³-hybridized carbons (Fsp3) is 0.222. The standard InChI is InChI=1S/C18H19N3O.2ClH.H2O/c1-21(2)12-11-19-18(22)17-15-9-4-3-7-13(15)14-8-5-6-10-16(14)20-17;;;/h3-10H,11-12H2,1-2H3,(H,19,22);2*1H;1H2. The Balaban J connectivity index is 0.00000192. The number of benzene rings is 2. The molecule has 0 unspecified atom stereocenters. The van der Waals surface area contributed by atoms with Gasteiger partial charge in [0.1, 0.15) is 5.69 Å². The first-order valence-corrected chi connectivity index (χ1v) is 7.37. The summed E-state index contributed by atoms with van der Waals surface area (Å²) in [6, 6.07) is 15.8. The van der Waals surface area contributed by atoms with Gasteiger partial charge in [-0.15, -0.1) is 24.8 Å². The van der Waals surface area contributed by atoms with Crippen LogP contribution in [-0.4, -0.2) is 48.5 Å². The zero-order chi connectivity index (χ0) is 15.5. The molecule has 0 aliphatic heterocycles. The number of nitrogens with zero attached hydrogens (tertiary/aromatic N) is 2. The highest BCUT2D eigenvalue weighted by Gasteiger charge is 2.14. The van der Waals surface area contributed by atoms with Crippen LogP contribution >= 0.6 is 24.8 Å². The normalized spacial score (nSPS) is 9.88. The van der Waals surface area contributed by atoms with Crippen LogP contribution in [0.1, 0.15) is 10.5 Å². The van der Waals surface area contributed by atoms with E-state index < -0.39 is 0 Å². The van der Waals surface area contributed by atoms with E-state index in [0.717, 1.165) is 28.2 Å². The number of likely N-dealkylation sites (N-methyl/N-ethyl adjacent to an activating group) is 1. The largest absolute Gasteiger partial charge is 0.412 e. The van der Waals surface area contributed by atoms with E-state index in [-0.39, 0.29) is 36.2 Å². The van der Waals surface area contributed by atoms with E-state index in [1.165, 1.54) is 0 Å². The summed E-state index contributed by atoms with van der Waals surface area (Å²) in [5.74, 6) is -0.121. The number of aromatic nitrogens is 1. The number of hydrogen-bond acceptors (Lipinski definition) is 3. The molecule has 0 radical (unpaired) electrons. The van der Waals surface area contributed by atoms with Crippen molar-refractivity contribution in [3.8, 4) is 0 Å². The van der Waals surface area contributed by atoms with E-state index in [2.05, 4.69) is 10.3 Å². The van der Waals surface area contributed by atoms with E-state index in [4.69, 9.17) is 0 Å². The fourth-order valence-electron chi connectivity index (χ4n) is 2.55. The van der Waals surface area contributed by atoms with Crippen LogP contribution in [0.3, 0.4) is 0 Å². The molecule has 0 aliphatic rings. The van der Waals surface area contributed by atoms with E-state index in [9.17, 15) is 4.79 Å². The molecule has 136 valence electrons. The molecule has 2 aromatic carbocycles. The van der Waals surface area contributed by atoms with Gasteiger partial charge < -0.3 is 15.7 Å². The second-order valence-electron chi connectivity index (χ2n) is 5.58. The van der Waals surface area contributed by atoms with Crippen LogP contribution in [0.25, 0.3) is 21.7 Å². The van der Waals surface area contributed by atoms with Gasteiger partial charge in [-0.1, -0.05) is 42.5 Å². The molecule has 5 nitrogen and oxygen atoms in total. The zero-order valence-electron chi connectivity index (χ0n) is 14.2. The molecule has 0 bridgehead atoms. The van der Waals surface area contributed by atoms with Gasteiger partial charge in [0.05, 0.1) is 5.52 Å². The fourth-order valence-corrected chi connectivity index (χ4v) is 2.55. The summed E-state index contributed by atoms with van der Waals surface area (Å²) in [4.78, 5) is 19.1. The van der Waals surface area contributed by atoms with Gasteiger partial charge in [0, 0.05) is 23.9 Å². The van der Waals surface area contributed by atoms with Crippen molar-refractivity contribution in [2.75, 3.05) is 27.2 Å². The van der Waals surface area contributed by atoms with Gasteiger partial charge in [-0.25, -0.2) is 4.98 Å². The second-order valence-corrected chi connectivity index (χ2v) is 5.58. The smallest absolute Gasteiger partial charge is 0.270 e. The van der Waals surface area contributed by atoms with Crippen LogP contribution in [-0.2, 0) is 0 Å². The summed E-state index contributed by atoms with van der Waals surface area (Å²) in [5, 5.41) is 5.97. The lowest BCUT2D eigenvalue weighted by atomic mass is 10.0. The number of pyridine rings is 1. The van der Waals surface area contributed by atoms with Crippen molar-refractivity contribution in [3.63, 3.8) is 0 Å². The number of carbonyl (C=O) groups is 1. The van der Waals surface area contributed by atoms with E-state index in [1.807, 2.05) is 67.5 Å². The van der Waals surface area contributed by atoms with Crippen molar-refractivity contribution in [1.82, 2.24) is 15.2 Å². The number of fused-ring (bicyclic) bond motifs is 3. The molecule has 0 atom stereocenters. The lowest BCUT2D eigenvalue weighted by Gasteiger charge is -2.12. The third-order valence-corrected chi connectivity index (χ3v) is 3.67. The Morgan fingerprint density at radius 1 is 0.960 bits per heavy atom. The maximum Gasteiger partial charge on any atom is 0.270 e. The summed E-state index contributed by atoms with van der Waals surface area (Å²) >= 11 is 0. The lowest BCUT2D eigenvalue weighted by molar-refractivity contribution is 0.0948. The molecule has 7 heteroatoms. The SMILES string of the molecule is CN(C)CCNC(=O)c1nc2ccccc2c2ccccc12.Cl.Cl.O. The number of nitrogens with one attached hydrogen (secondary N) is 1. The number of para-hydroxylation sites is 1. The molecule has 1 amide bonds. The van der Waals surface area contributed by atoms with Crippen molar-refractivity contribution in [3.05, 3.63) is 54.2 Å². The Bertz CT molecular complexity index is 841. The predicted molar refractivity (Wildman–Crippen MR) is 108 cm³/mol. The summed E-state index contributed by atoms with van der Waals surface area (Å²) in [6.07, 6.45) is 0. The molecule has 25 heavy (non-hydrogen) atoms. The molecular formula is C18H23Cl2N3O2. The third-order valence-electron chi connectivity index (χ3n) is 3.67. The Hall–Kier alpha value is -1.92. The van der Waals surface area contributed by atoms with Crippen molar-refractivity contribution < 1.29 is 10.3 Å². The van der Waals surface area contributed by atoms with Crippen molar-refractivity contribution in [1.29, 1.82) is 0 Å². The minimum absolute atomic E-state index is 0. The molecule has 0 saturated carbocycles. The second kappa shape index (κ2) is 10.2. The molecule has 1 aromatic heterocycles. The third kappa shape index (κ3) is 5.03. The monoisotopic (exact) mass is 383 g/mol. The lowest BCUT2D eigenvalue weighted by Crippen LogP contribution is -2.31. The molecule has 3 rings (SSSR count). The first-order chi connectivity index (χ1) is 10.7.